The predicted octanol–water partition coefficient (Wildman–Crippen LogP) is 3.15. The summed E-state index contributed by atoms with van der Waals surface area (Å²) in [6.45, 7) is 3.42. The number of anilines is 1. The van der Waals surface area contributed by atoms with Gasteiger partial charge in [-0.05, 0) is 31.7 Å². The summed E-state index contributed by atoms with van der Waals surface area (Å²) in [5.41, 5.74) is 0.618. The molecule has 1 fully saturated rings. The summed E-state index contributed by atoms with van der Waals surface area (Å²) in [5, 5.41) is 24.3. The van der Waals surface area contributed by atoms with E-state index in [2.05, 4.69) is 25.8 Å². The van der Waals surface area contributed by atoms with Crippen LogP contribution in [0.5, 0.6) is 5.88 Å². The number of nitrogens with zero attached hydrogens (tertiary/aromatic N) is 2. The van der Waals surface area contributed by atoms with E-state index < -0.39 is 17.7 Å². The summed E-state index contributed by atoms with van der Waals surface area (Å²) in [4.78, 5) is 17.0. The van der Waals surface area contributed by atoms with Crippen LogP contribution in [0.2, 0.25) is 0 Å². The van der Waals surface area contributed by atoms with Crippen LogP contribution in [-0.2, 0) is 4.74 Å². The summed E-state index contributed by atoms with van der Waals surface area (Å²) in [7, 11) is 0. The van der Waals surface area contributed by atoms with Crippen molar-refractivity contribution in [2.24, 2.45) is 0 Å². The Kier molecular flexibility index (Phi) is 6.34. The highest BCUT2D eigenvalue weighted by atomic mass is 16.5. The van der Waals surface area contributed by atoms with Gasteiger partial charge in [-0.1, -0.05) is 30.3 Å². The summed E-state index contributed by atoms with van der Waals surface area (Å²) in [6, 6.07) is 10.3. The number of benzene rings is 1. The summed E-state index contributed by atoms with van der Waals surface area (Å²) >= 11 is 0. The van der Waals surface area contributed by atoms with E-state index in [0.717, 1.165) is 12.0 Å². The largest absolute Gasteiger partial charge is 0.474 e. The Labute approximate surface area is 180 Å². The van der Waals surface area contributed by atoms with Gasteiger partial charge in [-0.15, -0.1) is 5.10 Å². The molecule has 0 aliphatic heterocycles. The first-order chi connectivity index (χ1) is 15.1. The van der Waals surface area contributed by atoms with Gasteiger partial charge < -0.3 is 19.9 Å². The van der Waals surface area contributed by atoms with Crippen LogP contribution in [0, 0.1) is 0 Å². The van der Waals surface area contributed by atoms with Gasteiger partial charge in [0.25, 0.3) is 0 Å². The summed E-state index contributed by atoms with van der Waals surface area (Å²) < 4.78 is 10.9. The van der Waals surface area contributed by atoms with Gasteiger partial charge in [0.05, 0.1) is 29.2 Å². The van der Waals surface area contributed by atoms with Crippen molar-refractivity contribution in [1.82, 2.24) is 20.5 Å². The van der Waals surface area contributed by atoms with Crippen molar-refractivity contribution < 1.29 is 19.4 Å². The highest BCUT2D eigenvalue weighted by Gasteiger charge is 2.43. The predicted molar refractivity (Wildman–Crippen MR) is 116 cm³/mol. The molecule has 9 nitrogen and oxygen atoms in total. The second-order valence-electron chi connectivity index (χ2n) is 7.59. The van der Waals surface area contributed by atoms with Gasteiger partial charge >= 0.3 is 6.03 Å². The molecule has 1 aliphatic rings. The molecule has 9 heteroatoms. The molecule has 1 aliphatic carbocycles. The Morgan fingerprint density at radius 2 is 2.10 bits per heavy atom. The Morgan fingerprint density at radius 1 is 1.29 bits per heavy atom. The van der Waals surface area contributed by atoms with Gasteiger partial charge in [-0.25, -0.2) is 9.78 Å². The van der Waals surface area contributed by atoms with Gasteiger partial charge in [0.2, 0.25) is 5.88 Å². The van der Waals surface area contributed by atoms with Crippen LogP contribution in [0.25, 0.3) is 10.9 Å². The third-order valence-electron chi connectivity index (χ3n) is 5.49. The first-order valence-corrected chi connectivity index (χ1v) is 10.5. The SMILES string of the molecule is CCOCCOc1n[nH]c2cc(NC(=O)N[C@@H](c3ccccc3)C3(O)CCC3)ncc12. The number of aromatic amines is 1. The zero-order valence-corrected chi connectivity index (χ0v) is 17.4. The fraction of sp³-hybridized carbons (Fsp3) is 0.409. The number of urea groups is 1. The lowest BCUT2D eigenvalue weighted by molar-refractivity contribution is -0.0627. The number of hydrogen-bond acceptors (Lipinski definition) is 6. The number of fused-ring (bicyclic) bond motifs is 1. The molecule has 0 bridgehead atoms. The molecule has 2 amide bonds. The van der Waals surface area contributed by atoms with Gasteiger partial charge in [-0.2, -0.15) is 0 Å². The maximum atomic E-state index is 12.7. The summed E-state index contributed by atoms with van der Waals surface area (Å²) in [6.07, 6.45) is 3.84. The zero-order valence-electron chi connectivity index (χ0n) is 17.4. The molecule has 31 heavy (non-hydrogen) atoms. The smallest absolute Gasteiger partial charge is 0.320 e. The molecule has 4 N–H and O–H groups in total. The second-order valence-corrected chi connectivity index (χ2v) is 7.59. The minimum Gasteiger partial charge on any atom is -0.474 e. The van der Waals surface area contributed by atoms with Gasteiger partial charge in [0.1, 0.15) is 12.4 Å². The standard InChI is InChI=1S/C22H27N5O4/c1-2-30-11-12-31-20-16-14-23-18(13-17(16)26-27-20)24-21(28)25-19(22(29)9-6-10-22)15-7-4-3-5-8-15/h3-5,7-8,13-14,19,29H,2,6,9-12H2,1H3,(H,26,27)(H2,23,24,25,28)/t19-/m0/s1. The van der Waals surface area contributed by atoms with E-state index >= 15 is 0 Å². The number of pyridine rings is 1. The maximum Gasteiger partial charge on any atom is 0.320 e. The molecule has 0 radical (unpaired) electrons. The normalized spacial score (nSPS) is 15.8. The number of nitrogens with one attached hydrogen (secondary N) is 3. The van der Waals surface area contributed by atoms with Crippen molar-refractivity contribution in [3.05, 3.63) is 48.2 Å². The molecule has 4 rings (SSSR count). The lowest BCUT2D eigenvalue weighted by Gasteiger charge is -2.43. The molecule has 2 heterocycles. The van der Waals surface area contributed by atoms with Crippen molar-refractivity contribution in [3.8, 4) is 5.88 Å². The van der Waals surface area contributed by atoms with Crippen LogP contribution in [-0.4, -0.2) is 51.7 Å². The highest BCUT2D eigenvalue weighted by Crippen LogP contribution is 2.42. The number of H-pyrrole nitrogens is 1. The molecule has 2 aromatic heterocycles. The third-order valence-corrected chi connectivity index (χ3v) is 5.49. The average Bonchev–Trinajstić information content (AvgIpc) is 3.16. The topological polar surface area (TPSA) is 121 Å². The van der Waals surface area contributed by atoms with E-state index in [0.29, 0.717) is 55.3 Å². The van der Waals surface area contributed by atoms with Crippen LogP contribution in [0.3, 0.4) is 0 Å². The number of carbonyl (C=O) groups is 1. The highest BCUT2D eigenvalue weighted by molar-refractivity contribution is 5.92. The van der Waals surface area contributed by atoms with Crippen molar-refractivity contribution in [3.63, 3.8) is 0 Å². The van der Waals surface area contributed by atoms with E-state index in [9.17, 15) is 9.90 Å². The first-order valence-electron chi connectivity index (χ1n) is 10.5. The first kappa shape index (κ1) is 21.1. The molecule has 0 unspecified atom stereocenters. The van der Waals surface area contributed by atoms with E-state index in [1.54, 1.807) is 12.3 Å². The fourth-order valence-corrected chi connectivity index (χ4v) is 3.69. The number of aromatic nitrogens is 3. The van der Waals surface area contributed by atoms with E-state index in [-0.39, 0.29) is 0 Å². The molecule has 164 valence electrons. The number of rotatable bonds is 9. The third kappa shape index (κ3) is 4.78. The van der Waals surface area contributed by atoms with Crippen LogP contribution in [0.15, 0.2) is 42.6 Å². The van der Waals surface area contributed by atoms with Crippen molar-refractivity contribution >= 4 is 22.8 Å². The van der Waals surface area contributed by atoms with Crippen LogP contribution in [0.1, 0.15) is 37.8 Å². The van der Waals surface area contributed by atoms with Gasteiger partial charge in [0.15, 0.2) is 0 Å². The maximum absolute atomic E-state index is 12.7. The van der Waals surface area contributed by atoms with Crippen LogP contribution in [0.4, 0.5) is 10.6 Å². The van der Waals surface area contributed by atoms with E-state index in [1.165, 1.54) is 0 Å². The molecular formula is C22H27N5O4. The number of carbonyl (C=O) groups excluding carboxylic acids is 1. The molecule has 3 aromatic rings. The van der Waals surface area contributed by atoms with Crippen molar-refractivity contribution in [2.45, 2.75) is 37.8 Å². The zero-order chi connectivity index (χ0) is 21.7. The molecule has 0 spiro atoms. The molecule has 1 aromatic carbocycles. The minimum atomic E-state index is -0.937. The van der Waals surface area contributed by atoms with Gasteiger partial charge in [0, 0.05) is 18.9 Å². The Morgan fingerprint density at radius 3 is 2.81 bits per heavy atom. The van der Waals surface area contributed by atoms with Crippen molar-refractivity contribution in [2.75, 3.05) is 25.1 Å². The lowest BCUT2D eigenvalue weighted by Crippen LogP contribution is -2.51. The average molecular weight is 425 g/mol. The Bertz CT molecular complexity index is 1020. The number of aliphatic hydroxyl groups is 1. The van der Waals surface area contributed by atoms with Crippen LogP contribution < -0.4 is 15.4 Å². The van der Waals surface area contributed by atoms with Crippen molar-refractivity contribution in [1.29, 1.82) is 0 Å². The lowest BCUT2D eigenvalue weighted by atomic mass is 9.72. The number of hydrogen-bond donors (Lipinski definition) is 4. The molecule has 0 saturated heterocycles. The second kappa shape index (κ2) is 9.32. The fourth-order valence-electron chi connectivity index (χ4n) is 3.69. The Balaban J connectivity index is 1.42. The summed E-state index contributed by atoms with van der Waals surface area (Å²) in [5.74, 6) is 0.802. The van der Waals surface area contributed by atoms with Gasteiger partial charge in [-0.3, -0.25) is 10.4 Å². The quantitative estimate of drug-likeness (QED) is 0.391. The Hall–Kier alpha value is -3.17. The minimum absolute atomic E-state index is 0.363. The molecule has 1 atom stereocenters. The molecular weight excluding hydrogens is 398 g/mol. The van der Waals surface area contributed by atoms with Crippen LogP contribution >= 0.6 is 0 Å². The molecule has 1 saturated carbocycles. The monoisotopic (exact) mass is 425 g/mol. The van der Waals surface area contributed by atoms with E-state index in [1.807, 2.05) is 37.3 Å². The number of ether oxygens (including phenoxy) is 2. The van der Waals surface area contributed by atoms with E-state index in [4.69, 9.17) is 9.47 Å². The number of amides is 2.